The van der Waals surface area contributed by atoms with Crippen molar-refractivity contribution in [3.8, 4) is 0 Å². The van der Waals surface area contributed by atoms with Crippen molar-refractivity contribution in [2.75, 3.05) is 18.4 Å². The number of non-ortho nitro benzene ring substituents is 1. The minimum absolute atomic E-state index is 0.0106. The molecule has 0 aliphatic carbocycles. The van der Waals surface area contributed by atoms with Gasteiger partial charge in [0.2, 0.25) is 5.91 Å². The van der Waals surface area contributed by atoms with Crippen molar-refractivity contribution in [2.45, 2.75) is 26.3 Å². The Balaban J connectivity index is 1.39. The summed E-state index contributed by atoms with van der Waals surface area (Å²) in [4.78, 5) is 29.6. The highest BCUT2D eigenvalue weighted by molar-refractivity contribution is 7.22. The third kappa shape index (κ3) is 5.53. The summed E-state index contributed by atoms with van der Waals surface area (Å²) in [7, 11) is 0. The van der Waals surface area contributed by atoms with Gasteiger partial charge in [0.05, 0.1) is 15.1 Å². The first-order valence-corrected chi connectivity index (χ1v) is 11.1. The van der Waals surface area contributed by atoms with Crippen LogP contribution < -0.4 is 5.32 Å². The van der Waals surface area contributed by atoms with Crippen molar-refractivity contribution in [3.63, 3.8) is 0 Å². The number of benzene rings is 2. The standard InChI is InChI=1S/C23H24N4O3S/c1-16-9-11-26(12-10-16)15-18-5-7-20-21(14-18)31-23(24-20)25-22(28)8-6-17-3-2-4-19(13-17)27(29)30/h2-8,13-14,16H,9-12,15H2,1H3,(H,24,25,28)/b8-6+. The second-order valence-electron chi connectivity index (χ2n) is 7.95. The Morgan fingerprint density at radius 2 is 2.10 bits per heavy atom. The number of hydrogen-bond acceptors (Lipinski definition) is 6. The summed E-state index contributed by atoms with van der Waals surface area (Å²) >= 11 is 1.45. The molecule has 0 bridgehead atoms. The van der Waals surface area contributed by atoms with Crippen molar-refractivity contribution in [1.82, 2.24) is 9.88 Å². The van der Waals surface area contributed by atoms with Crippen LogP contribution in [0.25, 0.3) is 16.3 Å². The van der Waals surface area contributed by atoms with Crippen molar-refractivity contribution in [2.24, 2.45) is 5.92 Å². The van der Waals surface area contributed by atoms with Crippen molar-refractivity contribution in [1.29, 1.82) is 0 Å². The molecule has 1 fully saturated rings. The lowest BCUT2D eigenvalue weighted by Gasteiger charge is -2.30. The molecule has 160 valence electrons. The number of thiazole rings is 1. The Kier molecular flexibility index (Phi) is 6.39. The van der Waals surface area contributed by atoms with Gasteiger partial charge in [0.1, 0.15) is 0 Å². The van der Waals surface area contributed by atoms with E-state index in [0.29, 0.717) is 10.7 Å². The lowest BCUT2D eigenvalue weighted by atomic mass is 9.99. The lowest BCUT2D eigenvalue weighted by Crippen LogP contribution is -2.32. The zero-order valence-electron chi connectivity index (χ0n) is 17.3. The van der Waals surface area contributed by atoms with Gasteiger partial charge in [0.15, 0.2) is 5.13 Å². The Bertz CT molecular complexity index is 1130. The molecule has 0 radical (unpaired) electrons. The third-order valence-corrected chi connectivity index (χ3v) is 6.41. The number of aromatic nitrogens is 1. The van der Waals surface area contributed by atoms with Gasteiger partial charge < -0.3 is 0 Å². The molecule has 4 rings (SSSR count). The number of nitrogens with one attached hydrogen (secondary N) is 1. The first kappa shape index (κ1) is 21.1. The molecular weight excluding hydrogens is 412 g/mol. The summed E-state index contributed by atoms with van der Waals surface area (Å²) in [6, 6.07) is 12.4. The maximum atomic E-state index is 12.3. The fourth-order valence-electron chi connectivity index (χ4n) is 3.66. The smallest absolute Gasteiger partial charge is 0.270 e. The van der Waals surface area contributed by atoms with E-state index >= 15 is 0 Å². The first-order valence-electron chi connectivity index (χ1n) is 10.3. The Morgan fingerprint density at radius 1 is 1.29 bits per heavy atom. The molecule has 0 spiro atoms. The Hall–Kier alpha value is -3.10. The number of carbonyl (C=O) groups excluding carboxylic acids is 1. The number of anilines is 1. The van der Waals surface area contributed by atoms with Crippen LogP contribution in [-0.2, 0) is 11.3 Å². The van der Waals surface area contributed by atoms with Gasteiger partial charge in [-0.3, -0.25) is 25.1 Å². The minimum atomic E-state index is -0.460. The summed E-state index contributed by atoms with van der Waals surface area (Å²) in [5.74, 6) is 0.491. The van der Waals surface area contributed by atoms with Gasteiger partial charge >= 0.3 is 0 Å². The first-order chi connectivity index (χ1) is 15.0. The molecule has 2 aromatic carbocycles. The van der Waals surface area contributed by atoms with Crippen LogP contribution in [0, 0.1) is 16.0 Å². The average Bonchev–Trinajstić information content (AvgIpc) is 3.15. The fraction of sp³-hybridized carbons (Fsp3) is 0.304. The Labute approximate surface area is 184 Å². The quantitative estimate of drug-likeness (QED) is 0.330. The highest BCUT2D eigenvalue weighted by atomic mass is 32.1. The predicted octanol–water partition coefficient (Wildman–Crippen LogP) is 5.09. The van der Waals surface area contributed by atoms with Gasteiger partial charge in [-0.05, 0) is 61.2 Å². The molecule has 0 unspecified atom stereocenters. The normalized spacial score (nSPS) is 15.5. The van der Waals surface area contributed by atoms with Gasteiger partial charge in [0, 0.05) is 24.8 Å². The maximum absolute atomic E-state index is 12.3. The van der Waals surface area contributed by atoms with Crippen LogP contribution in [0.2, 0.25) is 0 Å². The number of fused-ring (bicyclic) bond motifs is 1. The van der Waals surface area contributed by atoms with E-state index < -0.39 is 4.92 Å². The van der Waals surface area contributed by atoms with E-state index in [1.165, 1.54) is 48.0 Å². The number of rotatable bonds is 6. The number of nitro benzene ring substituents is 1. The summed E-state index contributed by atoms with van der Waals surface area (Å²) < 4.78 is 1.04. The topological polar surface area (TPSA) is 88.4 Å². The molecule has 3 aromatic rings. The molecule has 1 amide bonds. The largest absolute Gasteiger partial charge is 0.299 e. The van der Waals surface area contributed by atoms with Crippen LogP contribution in [0.1, 0.15) is 30.9 Å². The highest BCUT2D eigenvalue weighted by Crippen LogP contribution is 2.28. The van der Waals surface area contributed by atoms with Gasteiger partial charge in [-0.2, -0.15) is 0 Å². The molecule has 1 aliphatic heterocycles. The molecule has 1 saturated heterocycles. The number of nitro groups is 1. The van der Waals surface area contributed by atoms with Crippen LogP contribution in [0.3, 0.4) is 0 Å². The minimum Gasteiger partial charge on any atom is -0.299 e. The lowest BCUT2D eigenvalue weighted by molar-refractivity contribution is -0.384. The maximum Gasteiger partial charge on any atom is 0.270 e. The van der Waals surface area contributed by atoms with E-state index in [1.807, 2.05) is 6.07 Å². The van der Waals surface area contributed by atoms with Gasteiger partial charge in [0.25, 0.3) is 5.69 Å². The van der Waals surface area contributed by atoms with Gasteiger partial charge in [-0.15, -0.1) is 0 Å². The summed E-state index contributed by atoms with van der Waals surface area (Å²) in [6.07, 6.45) is 5.41. The molecule has 0 saturated carbocycles. The van der Waals surface area contributed by atoms with E-state index in [4.69, 9.17) is 0 Å². The number of likely N-dealkylation sites (tertiary alicyclic amines) is 1. The van der Waals surface area contributed by atoms with Gasteiger partial charge in [-0.25, -0.2) is 4.98 Å². The van der Waals surface area contributed by atoms with E-state index in [1.54, 1.807) is 18.2 Å². The molecule has 7 nitrogen and oxygen atoms in total. The van der Waals surface area contributed by atoms with Crippen molar-refractivity contribution in [3.05, 3.63) is 69.8 Å². The van der Waals surface area contributed by atoms with Crippen LogP contribution in [0.15, 0.2) is 48.5 Å². The molecule has 1 aliphatic rings. The van der Waals surface area contributed by atoms with E-state index in [9.17, 15) is 14.9 Å². The van der Waals surface area contributed by atoms with Crippen molar-refractivity contribution < 1.29 is 9.72 Å². The number of amides is 1. The second kappa shape index (κ2) is 9.36. The molecule has 8 heteroatoms. The van der Waals surface area contributed by atoms with E-state index in [0.717, 1.165) is 35.8 Å². The van der Waals surface area contributed by atoms with E-state index in [2.05, 4.69) is 34.3 Å². The summed E-state index contributed by atoms with van der Waals surface area (Å²) in [6.45, 7) is 5.53. The molecule has 0 atom stereocenters. The second-order valence-corrected chi connectivity index (χ2v) is 8.99. The molecule has 2 heterocycles. The molecule has 1 aromatic heterocycles. The predicted molar refractivity (Wildman–Crippen MR) is 124 cm³/mol. The van der Waals surface area contributed by atoms with Crippen LogP contribution >= 0.6 is 11.3 Å². The number of carbonyl (C=O) groups is 1. The zero-order valence-corrected chi connectivity index (χ0v) is 18.1. The molecule has 31 heavy (non-hydrogen) atoms. The monoisotopic (exact) mass is 436 g/mol. The van der Waals surface area contributed by atoms with Gasteiger partial charge in [-0.1, -0.05) is 36.5 Å². The molecular formula is C23H24N4O3S. The number of piperidine rings is 1. The Morgan fingerprint density at radius 3 is 2.87 bits per heavy atom. The van der Waals surface area contributed by atoms with Crippen LogP contribution in [0.5, 0.6) is 0 Å². The van der Waals surface area contributed by atoms with Crippen molar-refractivity contribution >= 4 is 44.4 Å². The third-order valence-electron chi connectivity index (χ3n) is 5.47. The van der Waals surface area contributed by atoms with Crippen LogP contribution in [-0.4, -0.2) is 33.8 Å². The number of hydrogen-bond donors (Lipinski definition) is 1. The SMILES string of the molecule is CC1CCN(Cc2ccc3nc(NC(=O)/C=C/c4cccc([N+](=O)[O-])c4)sc3c2)CC1. The fourth-order valence-corrected chi connectivity index (χ4v) is 4.59. The summed E-state index contributed by atoms with van der Waals surface area (Å²) in [5, 5.41) is 14.2. The molecule has 1 N–H and O–H groups in total. The zero-order chi connectivity index (χ0) is 21.8. The summed E-state index contributed by atoms with van der Waals surface area (Å²) in [5.41, 5.74) is 2.70. The average molecular weight is 437 g/mol. The number of nitrogens with zero attached hydrogens (tertiary/aromatic N) is 3. The van der Waals surface area contributed by atoms with Crippen LogP contribution in [0.4, 0.5) is 10.8 Å². The van der Waals surface area contributed by atoms with E-state index in [-0.39, 0.29) is 11.6 Å². The highest BCUT2D eigenvalue weighted by Gasteiger charge is 2.16.